The Morgan fingerprint density at radius 1 is 1.04 bits per heavy atom. The summed E-state index contributed by atoms with van der Waals surface area (Å²) in [6, 6.07) is 8.43. The molecule has 0 amide bonds. The van der Waals surface area contributed by atoms with Crippen LogP contribution in [0, 0.1) is 17.5 Å². The van der Waals surface area contributed by atoms with Crippen LogP contribution in [0.5, 0.6) is 0 Å². The lowest BCUT2D eigenvalue weighted by Crippen LogP contribution is -2.31. The Hall–Kier alpha value is -3.03. The van der Waals surface area contributed by atoms with Crippen LogP contribution in [0.25, 0.3) is 11.0 Å². The first kappa shape index (κ1) is 13.6. The molecular formula is C15H10F3N5. The van der Waals surface area contributed by atoms with Crippen LogP contribution in [-0.2, 0) is 0 Å². The Balaban J connectivity index is 1.99. The molecule has 2 heterocycles. The highest BCUT2D eigenvalue weighted by atomic mass is 19.2. The summed E-state index contributed by atoms with van der Waals surface area (Å²) in [4.78, 5) is 8.47. The molecule has 5 nitrogen and oxygen atoms in total. The fourth-order valence-electron chi connectivity index (χ4n) is 2.66. The Morgan fingerprint density at radius 2 is 1.78 bits per heavy atom. The van der Waals surface area contributed by atoms with Crippen molar-refractivity contribution >= 4 is 22.9 Å². The van der Waals surface area contributed by atoms with Crippen molar-refractivity contribution in [2.24, 2.45) is 10.7 Å². The monoisotopic (exact) mass is 317 g/mol. The van der Waals surface area contributed by atoms with Crippen LogP contribution in [0.15, 0.2) is 41.4 Å². The number of fused-ring (bicyclic) bond motifs is 3. The van der Waals surface area contributed by atoms with Gasteiger partial charge in [-0.1, -0.05) is 12.1 Å². The number of rotatable bonds is 1. The van der Waals surface area contributed by atoms with Crippen LogP contribution in [-0.4, -0.2) is 15.5 Å². The molecule has 0 aliphatic carbocycles. The van der Waals surface area contributed by atoms with Gasteiger partial charge in [0.1, 0.15) is 5.82 Å². The number of para-hydroxylation sites is 2. The third kappa shape index (κ3) is 2.02. The van der Waals surface area contributed by atoms with Gasteiger partial charge in [-0.2, -0.15) is 0 Å². The maximum absolute atomic E-state index is 14.2. The Kier molecular flexibility index (Phi) is 2.80. The molecule has 0 bridgehead atoms. The normalized spacial score (nSPS) is 16.8. The van der Waals surface area contributed by atoms with Crippen molar-refractivity contribution in [1.29, 1.82) is 0 Å². The lowest BCUT2D eigenvalue weighted by Gasteiger charge is -2.24. The molecule has 0 fully saturated rings. The van der Waals surface area contributed by atoms with E-state index in [1.807, 2.05) is 0 Å². The SMILES string of the molecule is NC1=NC(c2cc(F)c(F)cc2F)n2c(nc3ccccc32)N1. The van der Waals surface area contributed by atoms with Crippen LogP contribution in [0.2, 0.25) is 0 Å². The molecule has 3 N–H and O–H groups in total. The van der Waals surface area contributed by atoms with E-state index in [0.29, 0.717) is 23.0 Å². The number of imidazole rings is 1. The molecule has 0 saturated heterocycles. The lowest BCUT2D eigenvalue weighted by atomic mass is 10.1. The highest BCUT2D eigenvalue weighted by molar-refractivity contribution is 5.94. The molecule has 8 heteroatoms. The zero-order valence-corrected chi connectivity index (χ0v) is 11.6. The molecule has 1 unspecified atom stereocenters. The van der Waals surface area contributed by atoms with Gasteiger partial charge in [-0.25, -0.2) is 23.1 Å². The minimum absolute atomic E-state index is 0.0157. The average molecular weight is 317 g/mol. The molecular weight excluding hydrogens is 307 g/mol. The number of hydrogen-bond donors (Lipinski definition) is 2. The van der Waals surface area contributed by atoms with Gasteiger partial charge in [0, 0.05) is 11.6 Å². The highest BCUT2D eigenvalue weighted by Gasteiger charge is 2.28. The van der Waals surface area contributed by atoms with Crippen LogP contribution in [0.1, 0.15) is 11.7 Å². The number of aliphatic imine (C=N–C) groups is 1. The Morgan fingerprint density at radius 3 is 2.61 bits per heavy atom. The molecule has 1 atom stereocenters. The van der Waals surface area contributed by atoms with Gasteiger partial charge in [-0.15, -0.1) is 0 Å². The van der Waals surface area contributed by atoms with Gasteiger partial charge >= 0.3 is 0 Å². The Bertz CT molecular complexity index is 963. The molecule has 1 aromatic heterocycles. The topological polar surface area (TPSA) is 68.2 Å². The van der Waals surface area contributed by atoms with Crippen molar-refractivity contribution in [3.05, 3.63) is 59.4 Å². The van der Waals surface area contributed by atoms with Gasteiger partial charge in [0.05, 0.1) is 11.0 Å². The van der Waals surface area contributed by atoms with Gasteiger partial charge in [-0.3, -0.25) is 9.88 Å². The minimum Gasteiger partial charge on any atom is -0.370 e. The fraction of sp³-hybridized carbons (Fsp3) is 0.0667. The van der Waals surface area contributed by atoms with Crippen molar-refractivity contribution in [3.63, 3.8) is 0 Å². The van der Waals surface area contributed by atoms with Gasteiger partial charge in [0.25, 0.3) is 0 Å². The summed E-state index contributed by atoms with van der Waals surface area (Å²) in [5.41, 5.74) is 6.90. The number of guanidine groups is 1. The number of halogens is 3. The largest absolute Gasteiger partial charge is 0.370 e. The zero-order valence-electron chi connectivity index (χ0n) is 11.6. The van der Waals surface area contributed by atoms with Gasteiger partial charge in [0.15, 0.2) is 23.8 Å². The standard InChI is InChI=1S/C15H10F3N5/c16-8-6-10(18)9(17)5-7(8)13-21-14(19)22-15-20-11-3-1-2-4-12(11)23(13)15/h1-6,13H,(H3,19,20,21,22). The number of benzene rings is 2. The van der Waals surface area contributed by atoms with Crippen molar-refractivity contribution in [1.82, 2.24) is 9.55 Å². The summed E-state index contributed by atoms with van der Waals surface area (Å²) in [6.07, 6.45) is -0.978. The highest BCUT2D eigenvalue weighted by Crippen LogP contribution is 2.33. The minimum atomic E-state index is -1.26. The van der Waals surface area contributed by atoms with E-state index >= 15 is 0 Å². The summed E-state index contributed by atoms with van der Waals surface area (Å²) in [6.45, 7) is 0. The van der Waals surface area contributed by atoms with E-state index in [2.05, 4.69) is 15.3 Å². The number of nitrogens with one attached hydrogen (secondary N) is 1. The van der Waals surface area contributed by atoms with Crippen molar-refractivity contribution in [2.45, 2.75) is 6.17 Å². The van der Waals surface area contributed by atoms with Crippen LogP contribution in [0.4, 0.5) is 19.1 Å². The van der Waals surface area contributed by atoms with E-state index in [4.69, 9.17) is 5.73 Å². The van der Waals surface area contributed by atoms with Crippen molar-refractivity contribution in [2.75, 3.05) is 5.32 Å². The fourth-order valence-corrected chi connectivity index (χ4v) is 2.66. The predicted octanol–water partition coefficient (Wildman–Crippen LogP) is 2.74. The summed E-state index contributed by atoms with van der Waals surface area (Å²) in [7, 11) is 0. The van der Waals surface area contributed by atoms with E-state index in [1.165, 1.54) is 0 Å². The van der Waals surface area contributed by atoms with E-state index in [9.17, 15) is 13.2 Å². The molecule has 2 aromatic carbocycles. The average Bonchev–Trinajstić information content (AvgIpc) is 2.88. The van der Waals surface area contributed by atoms with Crippen LogP contribution < -0.4 is 11.1 Å². The number of nitrogens with zero attached hydrogens (tertiary/aromatic N) is 3. The molecule has 1 aliphatic heterocycles. The molecule has 3 aromatic rings. The van der Waals surface area contributed by atoms with Crippen molar-refractivity contribution < 1.29 is 13.2 Å². The first-order valence-corrected chi connectivity index (χ1v) is 6.76. The molecule has 4 rings (SSSR count). The second kappa shape index (κ2) is 4.73. The second-order valence-electron chi connectivity index (χ2n) is 5.09. The summed E-state index contributed by atoms with van der Waals surface area (Å²) in [5.74, 6) is -2.95. The van der Waals surface area contributed by atoms with Crippen LogP contribution in [0.3, 0.4) is 0 Å². The maximum atomic E-state index is 14.2. The molecule has 0 spiro atoms. The number of anilines is 1. The quantitative estimate of drug-likeness (QED) is 0.678. The van der Waals surface area contributed by atoms with E-state index in [0.717, 1.165) is 6.07 Å². The molecule has 0 radical (unpaired) electrons. The van der Waals surface area contributed by atoms with Crippen molar-refractivity contribution in [3.8, 4) is 0 Å². The maximum Gasteiger partial charge on any atom is 0.212 e. The molecule has 0 saturated carbocycles. The van der Waals surface area contributed by atoms with Gasteiger partial charge < -0.3 is 5.73 Å². The number of hydrogen-bond acceptors (Lipinski definition) is 4. The number of aromatic nitrogens is 2. The molecule has 1 aliphatic rings. The number of nitrogens with two attached hydrogens (primary N) is 1. The first-order valence-electron chi connectivity index (χ1n) is 6.76. The lowest BCUT2D eigenvalue weighted by molar-refractivity contribution is 0.478. The van der Waals surface area contributed by atoms with Crippen LogP contribution >= 0.6 is 0 Å². The summed E-state index contributed by atoms with van der Waals surface area (Å²) in [5, 5.41) is 2.78. The van der Waals surface area contributed by atoms with Gasteiger partial charge in [-0.05, 0) is 18.2 Å². The predicted molar refractivity (Wildman–Crippen MR) is 79.4 cm³/mol. The van der Waals surface area contributed by atoms with E-state index in [-0.39, 0.29) is 11.5 Å². The molecule has 23 heavy (non-hydrogen) atoms. The first-order chi connectivity index (χ1) is 11.0. The third-order valence-corrected chi connectivity index (χ3v) is 3.66. The Labute approximate surface area is 128 Å². The van der Waals surface area contributed by atoms with E-state index in [1.54, 1.807) is 28.8 Å². The smallest absolute Gasteiger partial charge is 0.212 e. The molecule has 116 valence electrons. The summed E-state index contributed by atoms with van der Waals surface area (Å²) >= 11 is 0. The summed E-state index contributed by atoms with van der Waals surface area (Å²) < 4.78 is 42.5. The second-order valence-corrected chi connectivity index (χ2v) is 5.09. The third-order valence-electron chi connectivity index (χ3n) is 3.66. The van der Waals surface area contributed by atoms with E-state index < -0.39 is 23.6 Å². The zero-order chi connectivity index (χ0) is 16.1. The van der Waals surface area contributed by atoms with Gasteiger partial charge in [0.2, 0.25) is 5.95 Å².